The Balaban J connectivity index is 0.000000480. The molecule has 1 aromatic heterocycles. The van der Waals surface area contributed by atoms with Gasteiger partial charge in [0.25, 0.3) is 5.91 Å². The van der Waals surface area contributed by atoms with Crippen molar-refractivity contribution in [3.05, 3.63) is 48.2 Å². The van der Waals surface area contributed by atoms with E-state index in [4.69, 9.17) is 15.0 Å². The molecule has 1 heterocycles. The number of nitrogens with one attached hydrogen (secondary N) is 1. The van der Waals surface area contributed by atoms with Gasteiger partial charge in [-0.25, -0.2) is 4.79 Å². The van der Waals surface area contributed by atoms with Crippen LogP contribution < -0.4 is 10.00 Å². The lowest BCUT2D eigenvalue weighted by atomic mass is 10.1. The number of hydrogen-bond acceptors (Lipinski definition) is 4. The van der Waals surface area contributed by atoms with Crippen LogP contribution in [-0.4, -0.2) is 46.4 Å². The molecule has 0 bridgehead atoms. The molecule has 0 unspecified atom stereocenters. The highest BCUT2D eigenvalue weighted by Gasteiger charge is 2.38. The van der Waals surface area contributed by atoms with Crippen LogP contribution in [0.1, 0.15) is 16.8 Å². The molecule has 1 aromatic carbocycles. The maximum atomic E-state index is 11.9. The van der Waals surface area contributed by atoms with E-state index in [-0.39, 0.29) is 18.9 Å². The number of halogens is 3. The van der Waals surface area contributed by atoms with Gasteiger partial charge in [-0.05, 0) is 0 Å². The number of hydrogen-bond donors (Lipinski definition) is 3. The van der Waals surface area contributed by atoms with E-state index in [1.807, 2.05) is 30.3 Å². The summed E-state index contributed by atoms with van der Waals surface area (Å²) in [4.78, 5) is 31.5. The Morgan fingerprint density at radius 2 is 1.68 bits per heavy atom. The summed E-state index contributed by atoms with van der Waals surface area (Å²) in [5, 5.41) is 22.8. The van der Waals surface area contributed by atoms with Crippen molar-refractivity contribution in [1.29, 1.82) is 0 Å². The number of carbonyl (C=O) groups excluding carboxylic acids is 1. The number of aromatic nitrogens is 2. The Morgan fingerprint density at radius 1 is 1.11 bits per heavy atom. The maximum Gasteiger partial charge on any atom is 0.490 e. The molecule has 0 saturated heterocycles. The largest absolute Gasteiger partial charge is 0.490 e. The van der Waals surface area contributed by atoms with E-state index < -0.39 is 18.1 Å². The van der Waals surface area contributed by atoms with E-state index >= 15 is 0 Å². The number of carboxylic acids is 2. The highest BCUT2D eigenvalue weighted by Crippen LogP contribution is 2.19. The molecule has 3 N–H and O–H groups in total. The monoisotopic (exact) mass is 400 g/mol. The standard InChI is InChI=1S/C15H15N3O3.C2HF3O2/c1-16-15(21)12-7-9-18(10-8-13(19)20)17-14(12)11-5-3-2-4-6-11;3-2(4,5)1(6)7/h2-7,9H,8,10H2,1H3,(H-,16,19,20,21);(H,6,7)/p+1. The third-order valence-electron chi connectivity index (χ3n) is 3.21. The van der Waals surface area contributed by atoms with E-state index in [0.29, 0.717) is 11.3 Å². The minimum atomic E-state index is -5.08. The van der Waals surface area contributed by atoms with Crippen molar-refractivity contribution in [1.82, 2.24) is 10.4 Å². The molecule has 2 rings (SSSR count). The Kier molecular flexibility index (Phi) is 8.05. The SMILES string of the molecule is CNC(=O)c1cc[n+](CCC(=O)O)nc1-c1ccccc1.O=C(O)C(F)(F)F. The van der Waals surface area contributed by atoms with E-state index in [1.165, 1.54) is 4.68 Å². The van der Waals surface area contributed by atoms with Crippen LogP contribution in [0.4, 0.5) is 13.2 Å². The molecule has 2 aromatic rings. The van der Waals surface area contributed by atoms with Gasteiger partial charge in [0.15, 0.2) is 18.4 Å². The van der Waals surface area contributed by atoms with Gasteiger partial charge in [-0.1, -0.05) is 35.0 Å². The number of aryl methyl sites for hydroxylation is 1. The van der Waals surface area contributed by atoms with Gasteiger partial charge >= 0.3 is 18.1 Å². The van der Waals surface area contributed by atoms with Crippen molar-refractivity contribution >= 4 is 17.8 Å². The molecule has 0 aliphatic carbocycles. The summed E-state index contributed by atoms with van der Waals surface area (Å²) in [5.74, 6) is -3.87. The number of amides is 1. The van der Waals surface area contributed by atoms with Crippen LogP contribution in [0.15, 0.2) is 42.6 Å². The fraction of sp³-hybridized carbons (Fsp3) is 0.235. The maximum absolute atomic E-state index is 11.9. The van der Waals surface area contributed by atoms with Crippen LogP contribution in [0.3, 0.4) is 0 Å². The van der Waals surface area contributed by atoms with Gasteiger partial charge in [0, 0.05) is 23.8 Å². The molecular weight excluding hydrogens is 383 g/mol. The minimum Gasteiger partial charge on any atom is -0.481 e. The number of carboxylic acid groups (broad SMARTS) is 2. The molecule has 28 heavy (non-hydrogen) atoms. The normalized spacial score (nSPS) is 10.4. The van der Waals surface area contributed by atoms with Gasteiger partial charge in [-0.2, -0.15) is 13.2 Å². The molecule has 0 fully saturated rings. The third kappa shape index (κ3) is 7.02. The predicted octanol–water partition coefficient (Wildman–Crippen LogP) is 1.50. The van der Waals surface area contributed by atoms with Gasteiger partial charge in [0.2, 0.25) is 0 Å². The van der Waals surface area contributed by atoms with Crippen molar-refractivity contribution in [2.75, 3.05) is 7.05 Å². The first-order valence-electron chi connectivity index (χ1n) is 7.76. The molecule has 8 nitrogen and oxygen atoms in total. The second kappa shape index (κ2) is 10.00. The van der Waals surface area contributed by atoms with Crippen LogP contribution in [0.2, 0.25) is 0 Å². The van der Waals surface area contributed by atoms with Crippen molar-refractivity contribution in [3.8, 4) is 11.3 Å². The minimum absolute atomic E-state index is 0.0226. The lowest BCUT2D eigenvalue weighted by Crippen LogP contribution is -2.40. The molecule has 0 saturated carbocycles. The lowest BCUT2D eigenvalue weighted by molar-refractivity contribution is -0.752. The van der Waals surface area contributed by atoms with Gasteiger partial charge in [0.05, 0.1) is 5.56 Å². The van der Waals surface area contributed by atoms with Crippen molar-refractivity contribution in [2.24, 2.45) is 0 Å². The highest BCUT2D eigenvalue weighted by molar-refractivity contribution is 5.99. The average molecular weight is 400 g/mol. The Labute approximate surface area is 157 Å². The van der Waals surface area contributed by atoms with Crippen LogP contribution in [0.25, 0.3) is 11.3 Å². The van der Waals surface area contributed by atoms with E-state index in [1.54, 1.807) is 19.3 Å². The van der Waals surface area contributed by atoms with Gasteiger partial charge in [-0.15, -0.1) is 0 Å². The fourth-order valence-electron chi connectivity index (χ4n) is 1.92. The number of benzene rings is 1. The highest BCUT2D eigenvalue weighted by atomic mass is 19.4. The molecule has 0 spiro atoms. The van der Waals surface area contributed by atoms with Crippen molar-refractivity contribution in [3.63, 3.8) is 0 Å². The van der Waals surface area contributed by atoms with Gasteiger partial charge < -0.3 is 15.5 Å². The summed E-state index contributed by atoms with van der Waals surface area (Å²) in [6.07, 6.45) is -3.49. The number of rotatable bonds is 5. The smallest absolute Gasteiger partial charge is 0.481 e. The topological polar surface area (TPSA) is 120 Å². The fourth-order valence-corrected chi connectivity index (χ4v) is 1.92. The molecular formula is C17H17F3N3O5+. The molecule has 0 aliphatic heterocycles. The van der Waals surface area contributed by atoms with Crippen molar-refractivity contribution < 1.29 is 42.4 Å². The number of alkyl halides is 3. The molecule has 0 radical (unpaired) electrons. The average Bonchev–Trinajstić information content (AvgIpc) is 2.66. The summed E-state index contributed by atoms with van der Waals surface area (Å²) in [5.41, 5.74) is 1.79. The van der Waals surface area contributed by atoms with Crippen LogP contribution in [0.5, 0.6) is 0 Å². The van der Waals surface area contributed by atoms with Crippen LogP contribution >= 0.6 is 0 Å². The van der Waals surface area contributed by atoms with E-state index in [0.717, 1.165) is 5.56 Å². The molecule has 150 valence electrons. The molecule has 0 aliphatic rings. The Morgan fingerprint density at radius 3 is 2.14 bits per heavy atom. The zero-order valence-electron chi connectivity index (χ0n) is 14.6. The first-order valence-corrected chi connectivity index (χ1v) is 7.76. The summed E-state index contributed by atoms with van der Waals surface area (Å²) in [6.45, 7) is 0.253. The summed E-state index contributed by atoms with van der Waals surface area (Å²) in [6, 6.07) is 11.0. The Hall–Kier alpha value is -3.50. The van der Waals surface area contributed by atoms with E-state index in [9.17, 15) is 22.8 Å². The van der Waals surface area contributed by atoms with Crippen molar-refractivity contribution in [2.45, 2.75) is 19.1 Å². The number of nitrogens with zero attached hydrogens (tertiary/aromatic N) is 2. The summed E-state index contributed by atoms with van der Waals surface area (Å²) in [7, 11) is 1.56. The van der Waals surface area contributed by atoms with Gasteiger partial charge in [-0.3, -0.25) is 9.59 Å². The molecule has 1 amide bonds. The first kappa shape index (κ1) is 22.5. The summed E-state index contributed by atoms with van der Waals surface area (Å²) >= 11 is 0. The number of carbonyl (C=O) groups is 3. The number of aliphatic carboxylic acids is 2. The van der Waals surface area contributed by atoms with E-state index in [2.05, 4.69) is 10.4 Å². The Bertz CT molecular complexity index is 842. The molecule has 0 atom stereocenters. The zero-order valence-corrected chi connectivity index (χ0v) is 14.6. The zero-order chi connectivity index (χ0) is 21.3. The van der Waals surface area contributed by atoms with Gasteiger partial charge in [0.1, 0.15) is 6.42 Å². The van der Waals surface area contributed by atoms with Crippen LogP contribution in [0, 0.1) is 0 Å². The predicted molar refractivity (Wildman–Crippen MR) is 89.2 cm³/mol. The lowest BCUT2D eigenvalue weighted by Gasteiger charge is -2.05. The molecule has 11 heteroatoms. The van der Waals surface area contributed by atoms with Crippen LogP contribution in [-0.2, 0) is 16.1 Å². The quantitative estimate of drug-likeness (QED) is 0.655. The second-order valence-electron chi connectivity index (χ2n) is 5.23. The second-order valence-corrected chi connectivity index (χ2v) is 5.23. The summed E-state index contributed by atoms with van der Waals surface area (Å²) < 4.78 is 33.3. The third-order valence-corrected chi connectivity index (χ3v) is 3.21. The first-order chi connectivity index (χ1) is 13.1.